The highest BCUT2D eigenvalue weighted by molar-refractivity contribution is 6.35. The van der Waals surface area contributed by atoms with Gasteiger partial charge in [-0.1, -0.05) is 0 Å². The van der Waals surface area contributed by atoms with Crippen LogP contribution in [0.5, 0.6) is 0 Å². The minimum absolute atomic E-state index is 0.467. The van der Waals surface area contributed by atoms with Gasteiger partial charge in [0.2, 0.25) is 0 Å². The summed E-state index contributed by atoms with van der Waals surface area (Å²) < 4.78 is 53.5. The predicted molar refractivity (Wildman–Crippen MR) is 151 cm³/mol. The van der Waals surface area contributed by atoms with Crippen LogP contribution in [0.15, 0.2) is 0 Å². The maximum Gasteiger partial charge on any atom is 0.309 e. The number of rotatable bonds is 12. The molecule has 0 aromatic rings. The molecule has 0 aromatic heterocycles. The van der Waals surface area contributed by atoms with Crippen LogP contribution < -0.4 is 10.6 Å². The van der Waals surface area contributed by atoms with Gasteiger partial charge in [0.05, 0.1) is 0 Å². The van der Waals surface area contributed by atoms with Gasteiger partial charge >= 0.3 is 47.6 Å². The average molecular weight is 693 g/mol. The van der Waals surface area contributed by atoms with E-state index < -0.39 is 122 Å². The van der Waals surface area contributed by atoms with E-state index in [1.807, 2.05) is 0 Å². The van der Waals surface area contributed by atoms with Gasteiger partial charge in [-0.3, -0.25) is 38.4 Å². The van der Waals surface area contributed by atoms with Crippen molar-refractivity contribution in [3.8, 4) is 0 Å². The molecule has 0 unspecified atom stereocenters. The quantitative estimate of drug-likeness (QED) is 0.122. The van der Waals surface area contributed by atoms with Crippen LogP contribution in [0.4, 0.5) is 0 Å². The van der Waals surface area contributed by atoms with Crippen molar-refractivity contribution < 1.29 is 85.7 Å². The van der Waals surface area contributed by atoms with Crippen molar-refractivity contribution in [3.05, 3.63) is 0 Å². The maximum absolute atomic E-state index is 13.3. The van der Waals surface area contributed by atoms with Gasteiger partial charge in [-0.25, -0.2) is 0 Å². The van der Waals surface area contributed by atoms with Crippen molar-refractivity contribution in [3.63, 3.8) is 0 Å². The zero-order valence-corrected chi connectivity index (χ0v) is 27.5. The van der Waals surface area contributed by atoms with Gasteiger partial charge in [0.15, 0.2) is 37.0 Å². The van der Waals surface area contributed by atoms with Crippen LogP contribution in [0, 0.1) is 0 Å². The second-order valence-electron chi connectivity index (χ2n) is 10.5. The number of amides is 2. The van der Waals surface area contributed by atoms with Crippen LogP contribution >= 0.6 is 0 Å². The Labute approximate surface area is 274 Å². The van der Waals surface area contributed by atoms with Crippen molar-refractivity contribution in [2.75, 3.05) is 27.4 Å². The zero-order chi connectivity index (χ0) is 36.3. The lowest BCUT2D eigenvalue weighted by Gasteiger charge is -2.45. The summed E-state index contributed by atoms with van der Waals surface area (Å²) in [5, 5.41) is 4.63. The average Bonchev–Trinajstić information content (AvgIpc) is 2.98. The molecule has 20 heteroatoms. The van der Waals surface area contributed by atoms with Crippen molar-refractivity contribution in [1.82, 2.24) is 10.6 Å². The molecule has 2 aliphatic rings. The lowest BCUT2D eigenvalue weighted by Crippen LogP contribution is -2.69. The second kappa shape index (κ2) is 18.2. The van der Waals surface area contributed by atoms with Gasteiger partial charge in [-0.2, -0.15) is 0 Å². The van der Waals surface area contributed by atoms with E-state index in [2.05, 4.69) is 10.6 Å². The second-order valence-corrected chi connectivity index (χ2v) is 10.5. The summed E-state index contributed by atoms with van der Waals surface area (Å²) in [6, 6.07) is -3.00. The lowest BCUT2D eigenvalue weighted by molar-refractivity contribution is -0.272. The molecule has 2 saturated heterocycles. The Bertz CT molecular complexity index is 1130. The van der Waals surface area contributed by atoms with Gasteiger partial charge in [0.1, 0.15) is 37.5 Å². The monoisotopic (exact) mass is 692 g/mol. The van der Waals surface area contributed by atoms with Crippen molar-refractivity contribution >= 4 is 47.6 Å². The molecular weight excluding hydrogens is 652 g/mol. The largest absolute Gasteiger partial charge is 0.463 e. The number of ether oxygens (including phenoxy) is 10. The summed E-state index contributed by atoms with van der Waals surface area (Å²) >= 11 is 0. The molecule has 0 aromatic carbocycles. The first-order valence-corrected chi connectivity index (χ1v) is 14.4. The molecule has 0 aliphatic carbocycles. The number of nitrogens with one attached hydrogen (secondary N) is 2. The Kier molecular flexibility index (Phi) is 15.1. The molecule has 2 rings (SSSR count). The Balaban J connectivity index is 2.42. The van der Waals surface area contributed by atoms with Gasteiger partial charge in [-0.05, 0) is 0 Å². The van der Waals surface area contributed by atoms with E-state index in [0.717, 1.165) is 55.8 Å². The Hall–Kier alpha value is -4.40. The van der Waals surface area contributed by atoms with Crippen LogP contribution in [0.2, 0.25) is 0 Å². The lowest BCUT2D eigenvalue weighted by atomic mass is 9.95. The SMILES string of the molecule is CO[C@H]1O[C@H](COC(C)=O)[C@@H](OC(C)=O)[C@H](OC(C)=O)[C@H]1NC(=O)C(=O)N[C@H]1[C@@H](OC)O[C@H](COC(C)=O)[C@@H](OC(C)=O)[C@@H]1OC(C)=O. The van der Waals surface area contributed by atoms with Crippen LogP contribution in [-0.4, -0.2) is 136 Å². The molecule has 2 N–H and O–H groups in total. The van der Waals surface area contributed by atoms with Gasteiger partial charge in [-0.15, -0.1) is 0 Å². The van der Waals surface area contributed by atoms with Crippen LogP contribution in [0.1, 0.15) is 41.5 Å². The van der Waals surface area contributed by atoms with E-state index in [0.29, 0.717) is 0 Å². The van der Waals surface area contributed by atoms with E-state index in [1.54, 1.807) is 0 Å². The van der Waals surface area contributed by atoms with E-state index >= 15 is 0 Å². The normalized spacial score (nSPS) is 29.7. The van der Waals surface area contributed by atoms with Crippen molar-refractivity contribution in [2.45, 2.75) is 103 Å². The zero-order valence-electron chi connectivity index (χ0n) is 27.5. The fourth-order valence-corrected chi connectivity index (χ4v) is 4.95. The highest BCUT2D eigenvalue weighted by atomic mass is 16.7. The standard InChI is InChI=1S/C28H40N2O18/c1-11(31)41-9-17-21(43-13(3)33)23(45-15(5)35)19(27(39-7)47-17)29-25(37)26(38)30-20-24(46-16(6)36)22(44-14(4)34)18(10-42-12(2)32)48-28(20)40-8/h17-24,27-28H,9-10H2,1-8H3,(H,29,37)(H,30,38)/t17-,18-,19-,20-,21-,22-,23-,24-,27+,28+/m1/s1. The summed E-state index contributed by atoms with van der Waals surface area (Å²) in [6.07, 6.45) is -11.4. The van der Waals surface area contributed by atoms with E-state index in [9.17, 15) is 38.4 Å². The first kappa shape index (κ1) is 39.8. The molecular formula is C28H40N2O18. The third-order valence-electron chi connectivity index (χ3n) is 6.67. The number of carbonyl (C=O) groups excluding carboxylic acids is 8. The van der Waals surface area contributed by atoms with Gasteiger partial charge < -0.3 is 58.0 Å². The predicted octanol–water partition coefficient (Wildman–Crippen LogP) is -2.45. The molecule has 20 nitrogen and oxygen atoms in total. The molecule has 0 spiro atoms. The fraction of sp³-hybridized carbons (Fsp3) is 0.714. The van der Waals surface area contributed by atoms with E-state index in [-0.39, 0.29) is 0 Å². The summed E-state index contributed by atoms with van der Waals surface area (Å²) in [5.41, 5.74) is 0. The topological polar surface area (TPSA) is 253 Å². The molecule has 2 amide bonds. The Morgan fingerprint density at radius 2 is 0.771 bits per heavy atom. The number of hydrogen-bond donors (Lipinski definition) is 2. The van der Waals surface area contributed by atoms with Gasteiger partial charge in [0, 0.05) is 55.8 Å². The molecule has 270 valence electrons. The molecule has 2 aliphatic heterocycles. The number of carbonyl (C=O) groups is 8. The van der Waals surface area contributed by atoms with Crippen LogP contribution in [-0.2, 0) is 85.7 Å². The minimum Gasteiger partial charge on any atom is -0.463 e. The smallest absolute Gasteiger partial charge is 0.309 e. The third-order valence-corrected chi connectivity index (χ3v) is 6.67. The van der Waals surface area contributed by atoms with E-state index in [1.165, 1.54) is 0 Å². The summed E-state index contributed by atoms with van der Waals surface area (Å²) in [6.45, 7) is 5.48. The number of methoxy groups -OCH3 is 2. The van der Waals surface area contributed by atoms with E-state index in [4.69, 9.17) is 47.4 Å². The number of hydrogen-bond acceptors (Lipinski definition) is 18. The van der Waals surface area contributed by atoms with Crippen LogP contribution in [0.25, 0.3) is 0 Å². The highest BCUT2D eigenvalue weighted by Crippen LogP contribution is 2.29. The molecule has 2 heterocycles. The summed E-state index contributed by atoms with van der Waals surface area (Å²) in [7, 11) is 2.33. The summed E-state index contributed by atoms with van der Waals surface area (Å²) in [5.74, 6) is -7.62. The molecule has 0 radical (unpaired) electrons. The summed E-state index contributed by atoms with van der Waals surface area (Å²) in [4.78, 5) is 97.7. The molecule has 48 heavy (non-hydrogen) atoms. The van der Waals surface area contributed by atoms with Crippen LogP contribution in [0.3, 0.4) is 0 Å². The third kappa shape index (κ3) is 11.4. The van der Waals surface area contributed by atoms with Crippen molar-refractivity contribution in [2.24, 2.45) is 0 Å². The minimum atomic E-state index is -1.53. The molecule has 0 bridgehead atoms. The molecule has 2 fully saturated rings. The molecule has 10 atom stereocenters. The Morgan fingerprint density at radius 3 is 1.02 bits per heavy atom. The molecule has 0 saturated carbocycles. The first-order valence-electron chi connectivity index (χ1n) is 14.4. The first-order chi connectivity index (χ1) is 22.5. The fourth-order valence-electron chi connectivity index (χ4n) is 4.95. The highest BCUT2D eigenvalue weighted by Gasteiger charge is 2.54. The van der Waals surface area contributed by atoms with Crippen molar-refractivity contribution in [1.29, 1.82) is 0 Å². The Morgan fingerprint density at radius 1 is 0.479 bits per heavy atom. The van der Waals surface area contributed by atoms with Gasteiger partial charge in [0.25, 0.3) is 0 Å². The number of esters is 6. The maximum atomic E-state index is 13.3.